The van der Waals surface area contributed by atoms with E-state index < -0.39 is 30.2 Å². The van der Waals surface area contributed by atoms with Gasteiger partial charge in [-0.25, -0.2) is 4.79 Å². The fraction of sp³-hybridized carbons (Fsp3) is 0.250. The zero-order valence-electron chi connectivity index (χ0n) is 10.3. The molecule has 1 atom stereocenters. The van der Waals surface area contributed by atoms with Crippen LogP contribution in [0.5, 0.6) is 0 Å². The van der Waals surface area contributed by atoms with Crippen LogP contribution >= 0.6 is 0 Å². The van der Waals surface area contributed by atoms with Gasteiger partial charge in [0.25, 0.3) is 0 Å². The molecule has 0 bridgehead atoms. The molecule has 7 nitrogen and oxygen atoms in total. The topological polar surface area (TPSA) is 123 Å². The SMILES string of the molecule is Cc1ccc(/C=C/C(=O)N[C@H](CC(N)=O)C(=O)O)o1. The highest BCUT2D eigenvalue weighted by Crippen LogP contribution is 2.07. The summed E-state index contributed by atoms with van der Waals surface area (Å²) in [7, 11) is 0. The zero-order valence-corrected chi connectivity index (χ0v) is 10.3. The maximum Gasteiger partial charge on any atom is 0.326 e. The Hall–Kier alpha value is -2.57. The molecule has 1 rings (SSSR count). The molecule has 0 fully saturated rings. The van der Waals surface area contributed by atoms with Gasteiger partial charge in [-0.15, -0.1) is 0 Å². The molecule has 1 aromatic rings. The van der Waals surface area contributed by atoms with Gasteiger partial charge in [0.1, 0.15) is 17.6 Å². The van der Waals surface area contributed by atoms with Crippen molar-refractivity contribution >= 4 is 23.9 Å². The van der Waals surface area contributed by atoms with Gasteiger partial charge in [-0.1, -0.05) is 0 Å². The first-order valence-corrected chi connectivity index (χ1v) is 5.44. The molecule has 1 aromatic heterocycles. The molecule has 102 valence electrons. The van der Waals surface area contributed by atoms with Crippen LogP contribution in [0.1, 0.15) is 17.9 Å². The van der Waals surface area contributed by atoms with Gasteiger partial charge in [0.05, 0.1) is 6.42 Å². The number of carboxylic acids is 1. The second-order valence-electron chi connectivity index (χ2n) is 3.85. The molecule has 0 aliphatic carbocycles. The average Bonchev–Trinajstić information content (AvgIpc) is 2.71. The minimum Gasteiger partial charge on any atom is -0.480 e. The van der Waals surface area contributed by atoms with Crippen molar-refractivity contribution in [2.24, 2.45) is 5.73 Å². The number of aryl methyl sites for hydroxylation is 1. The zero-order chi connectivity index (χ0) is 14.4. The lowest BCUT2D eigenvalue weighted by Crippen LogP contribution is -2.42. The Morgan fingerprint density at radius 1 is 1.47 bits per heavy atom. The smallest absolute Gasteiger partial charge is 0.326 e. The van der Waals surface area contributed by atoms with Crippen molar-refractivity contribution in [1.82, 2.24) is 5.32 Å². The van der Waals surface area contributed by atoms with Crippen LogP contribution in [0.25, 0.3) is 6.08 Å². The normalized spacial score (nSPS) is 12.3. The minimum atomic E-state index is -1.34. The van der Waals surface area contributed by atoms with Crippen LogP contribution in [0.15, 0.2) is 22.6 Å². The molecule has 0 unspecified atom stereocenters. The van der Waals surface area contributed by atoms with Crippen molar-refractivity contribution in [3.8, 4) is 0 Å². The summed E-state index contributed by atoms with van der Waals surface area (Å²) in [4.78, 5) is 32.9. The van der Waals surface area contributed by atoms with Crippen molar-refractivity contribution in [2.75, 3.05) is 0 Å². The molecule has 4 N–H and O–H groups in total. The maximum atomic E-state index is 11.5. The van der Waals surface area contributed by atoms with Crippen LogP contribution in [-0.4, -0.2) is 28.9 Å². The van der Waals surface area contributed by atoms with Crippen LogP contribution in [0.4, 0.5) is 0 Å². The number of rotatable bonds is 6. The summed E-state index contributed by atoms with van der Waals surface area (Å²) in [5, 5.41) is 11.0. The molecule has 19 heavy (non-hydrogen) atoms. The number of nitrogens with two attached hydrogens (primary N) is 1. The Labute approximate surface area is 109 Å². The van der Waals surface area contributed by atoms with E-state index in [0.717, 1.165) is 6.08 Å². The number of furan rings is 1. The molecule has 0 aliphatic rings. The molecule has 0 saturated heterocycles. The van der Waals surface area contributed by atoms with Gasteiger partial charge in [-0.05, 0) is 25.1 Å². The lowest BCUT2D eigenvalue weighted by atomic mass is 10.2. The predicted octanol–water partition coefficient (Wildman–Crippen LogP) is 0.0460. The first-order valence-electron chi connectivity index (χ1n) is 5.44. The van der Waals surface area contributed by atoms with E-state index in [1.165, 1.54) is 6.08 Å². The van der Waals surface area contributed by atoms with E-state index in [1.807, 2.05) is 0 Å². The third-order valence-corrected chi connectivity index (χ3v) is 2.18. The minimum absolute atomic E-state index is 0.464. The second kappa shape index (κ2) is 6.39. The van der Waals surface area contributed by atoms with Crippen LogP contribution in [-0.2, 0) is 14.4 Å². The third kappa shape index (κ3) is 5.07. The summed E-state index contributed by atoms with van der Waals surface area (Å²) < 4.78 is 5.19. The highest BCUT2D eigenvalue weighted by atomic mass is 16.4. The number of aliphatic carboxylic acids is 1. The number of hydrogen-bond acceptors (Lipinski definition) is 4. The number of carbonyl (C=O) groups is 3. The Morgan fingerprint density at radius 2 is 2.16 bits per heavy atom. The lowest BCUT2D eigenvalue weighted by molar-refractivity contribution is -0.142. The first kappa shape index (κ1) is 14.5. The average molecular weight is 266 g/mol. The van der Waals surface area contributed by atoms with Crippen LogP contribution in [0.2, 0.25) is 0 Å². The molecular weight excluding hydrogens is 252 g/mol. The molecule has 0 spiro atoms. The molecule has 0 aliphatic heterocycles. The second-order valence-corrected chi connectivity index (χ2v) is 3.85. The standard InChI is InChI=1S/C12H14N2O5/c1-7-2-3-8(19-7)4-5-11(16)14-9(12(17)18)6-10(13)15/h2-5,9H,6H2,1H3,(H2,13,15)(H,14,16)(H,17,18)/b5-4+/t9-/m1/s1. The van der Waals surface area contributed by atoms with Crippen molar-refractivity contribution in [2.45, 2.75) is 19.4 Å². The molecule has 0 aromatic carbocycles. The van der Waals surface area contributed by atoms with Gasteiger partial charge in [0.2, 0.25) is 11.8 Å². The molecule has 0 saturated carbocycles. The van der Waals surface area contributed by atoms with Crippen molar-refractivity contribution in [3.63, 3.8) is 0 Å². The van der Waals surface area contributed by atoms with Crippen LogP contribution < -0.4 is 11.1 Å². The maximum absolute atomic E-state index is 11.5. The number of nitrogens with one attached hydrogen (secondary N) is 1. The Balaban J connectivity index is 2.60. The van der Waals surface area contributed by atoms with Crippen molar-refractivity contribution in [3.05, 3.63) is 29.7 Å². The molecule has 1 heterocycles. The molecule has 0 radical (unpaired) electrons. The highest BCUT2D eigenvalue weighted by Gasteiger charge is 2.20. The van der Waals surface area contributed by atoms with Gasteiger partial charge in [-0.3, -0.25) is 9.59 Å². The quantitative estimate of drug-likeness (QED) is 0.627. The summed E-state index contributed by atoms with van der Waals surface area (Å²) in [6.07, 6.45) is 2.05. The van der Waals surface area contributed by atoms with Gasteiger partial charge in [0.15, 0.2) is 0 Å². The summed E-state index contributed by atoms with van der Waals surface area (Å²) in [6, 6.07) is 2.05. The fourth-order valence-electron chi connectivity index (χ4n) is 1.32. The summed E-state index contributed by atoms with van der Waals surface area (Å²) in [6.45, 7) is 1.75. The van der Waals surface area contributed by atoms with Gasteiger partial charge in [0, 0.05) is 6.08 Å². The van der Waals surface area contributed by atoms with Crippen molar-refractivity contribution in [1.29, 1.82) is 0 Å². The summed E-state index contributed by atoms with van der Waals surface area (Å²) >= 11 is 0. The number of carbonyl (C=O) groups excluding carboxylic acids is 2. The number of amides is 2. The van der Waals surface area contributed by atoms with Gasteiger partial charge < -0.3 is 20.6 Å². The van der Waals surface area contributed by atoms with E-state index in [9.17, 15) is 14.4 Å². The molecule has 2 amide bonds. The van der Waals surface area contributed by atoms with E-state index in [2.05, 4.69) is 5.32 Å². The Bertz CT molecular complexity index is 518. The molecular formula is C12H14N2O5. The van der Waals surface area contributed by atoms with E-state index in [4.69, 9.17) is 15.3 Å². The summed E-state index contributed by atoms with van der Waals surface area (Å²) in [5.41, 5.74) is 4.89. The highest BCUT2D eigenvalue weighted by molar-refractivity contribution is 5.95. The lowest BCUT2D eigenvalue weighted by Gasteiger charge is -2.10. The van der Waals surface area contributed by atoms with E-state index in [-0.39, 0.29) is 0 Å². The van der Waals surface area contributed by atoms with Gasteiger partial charge in [-0.2, -0.15) is 0 Å². The van der Waals surface area contributed by atoms with E-state index in [0.29, 0.717) is 11.5 Å². The van der Waals surface area contributed by atoms with Crippen molar-refractivity contribution < 1.29 is 23.9 Å². The van der Waals surface area contributed by atoms with E-state index >= 15 is 0 Å². The summed E-state index contributed by atoms with van der Waals surface area (Å²) in [5.74, 6) is -1.62. The number of hydrogen-bond donors (Lipinski definition) is 3. The Kier molecular flexibility index (Phi) is 4.87. The first-order chi connectivity index (χ1) is 8.88. The monoisotopic (exact) mass is 266 g/mol. The van der Waals surface area contributed by atoms with E-state index in [1.54, 1.807) is 19.1 Å². The van der Waals surface area contributed by atoms with Crippen LogP contribution in [0.3, 0.4) is 0 Å². The number of primary amides is 1. The van der Waals surface area contributed by atoms with Gasteiger partial charge >= 0.3 is 5.97 Å². The largest absolute Gasteiger partial charge is 0.480 e. The van der Waals surface area contributed by atoms with Crippen LogP contribution in [0, 0.1) is 6.92 Å². The fourth-order valence-corrected chi connectivity index (χ4v) is 1.32. The molecule has 7 heteroatoms. The Morgan fingerprint density at radius 3 is 2.63 bits per heavy atom. The number of carboxylic acid groups (broad SMARTS) is 1. The third-order valence-electron chi connectivity index (χ3n) is 2.18. The predicted molar refractivity (Wildman–Crippen MR) is 65.9 cm³/mol.